The Morgan fingerprint density at radius 2 is 1.56 bits per heavy atom. The number of anilines is 2. The standard InChI is InChI=1S/C24H29N3O4S/c1-17-6-5-7-21(18(17)2)25-12-14-26(15-13-25)22(28)19-8-10-20(11-9-19)27-23(29)24(3,4)16-32(27,30)31/h5-11H,12-16H2,1-4H3. The average molecular weight is 456 g/mol. The fourth-order valence-corrected chi connectivity index (χ4v) is 6.52. The zero-order valence-electron chi connectivity index (χ0n) is 19.0. The molecule has 2 amide bonds. The molecule has 0 aromatic heterocycles. The number of hydrogen-bond acceptors (Lipinski definition) is 5. The third-order valence-electron chi connectivity index (χ3n) is 6.42. The van der Waals surface area contributed by atoms with E-state index >= 15 is 0 Å². The van der Waals surface area contributed by atoms with Crippen molar-refractivity contribution in [2.45, 2.75) is 27.7 Å². The SMILES string of the molecule is Cc1cccc(N2CCN(C(=O)c3ccc(N4C(=O)C(C)(C)CS4(=O)=O)cc3)CC2)c1C. The van der Waals surface area contributed by atoms with E-state index in [-0.39, 0.29) is 17.3 Å². The monoisotopic (exact) mass is 455 g/mol. The van der Waals surface area contributed by atoms with E-state index < -0.39 is 21.3 Å². The molecule has 0 radical (unpaired) electrons. The lowest BCUT2D eigenvalue weighted by molar-refractivity contribution is -0.123. The fourth-order valence-electron chi connectivity index (χ4n) is 4.41. The Kier molecular flexibility index (Phi) is 5.53. The van der Waals surface area contributed by atoms with Gasteiger partial charge in [-0.2, -0.15) is 0 Å². The molecular weight excluding hydrogens is 426 g/mol. The summed E-state index contributed by atoms with van der Waals surface area (Å²) < 4.78 is 25.8. The number of benzene rings is 2. The van der Waals surface area contributed by atoms with Crippen LogP contribution in [0.4, 0.5) is 11.4 Å². The van der Waals surface area contributed by atoms with Crippen molar-refractivity contribution >= 4 is 33.2 Å². The van der Waals surface area contributed by atoms with Gasteiger partial charge in [0, 0.05) is 37.4 Å². The summed E-state index contributed by atoms with van der Waals surface area (Å²) in [6.45, 7) is 10.2. The number of rotatable bonds is 3. The summed E-state index contributed by atoms with van der Waals surface area (Å²) in [4.78, 5) is 29.7. The van der Waals surface area contributed by atoms with Gasteiger partial charge in [0.1, 0.15) is 0 Å². The van der Waals surface area contributed by atoms with Crippen molar-refractivity contribution in [3.05, 3.63) is 59.2 Å². The van der Waals surface area contributed by atoms with Crippen LogP contribution >= 0.6 is 0 Å². The molecule has 7 nitrogen and oxygen atoms in total. The van der Waals surface area contributed by atoms with Crippen molar-refractivity contribution < 1.29 is 18.0 Å². The third-order valence-corrected chi connectivity index (χ3v) is 8.44. The molecule has 0 bridgehead atoms. The first-order valence-electron chi connectivity index (χ1n) is 10.8. The van der Waals surface area contributed by atoms with Gasteiger partial charge in [-0.05, 0) is 69.2 Å². The molecule has 0 aliphatic carbocycles. The second kappa shape index (κ2) is 7.92. The first kappa shape index (κ1) is 22.3. The number of carbonyl (C=O) groups is 2. The van der Waals surface area contributed by atoms with E-state index in [2.05, 4.69) is 36.9 Å². The maximum Gasteiger partial charge on any atom is 0.253 e. The van der Waals surface area contributed by atoms with Crippen molar-refractivity contribution in [3.63, 3.8) is 0 Å². The van der Waals surface area contributed by atoms with Gasteiger partial charge < -0.3 is 9.80 Å². The minimum atomic E-state index is -3.71. The van der Waals surface area contributed by atoms with Gasteiger partial charge in [0.05, 0.1) is 16.9 Å². The molecule has 0 N–H and O–H groups in total. The van der Waals surface area contributed by atoms with E-state index in [1.165, 1.54) is 28.9 Å². The molecule has 2 aromatic carbocycles. The maximum atomic E-state index is 13.0. The van der Waals surface area contributed by atoms with Crippen molar-refractivity contribution in [1.29, 1.82) is 0 Å². The smallest absolute Gasteiger partial charge is 0.253 e. The summed E-state index contributed by atoms with van der Waals surface area (Å²) in [6.07, 6.45) is 0. The van der Waals surface area contributed by atoms with Gasteiger partial charge in [-0.25, -0.2) is 12.7 Å². The molecule has 2 heterocycles. The minimum absolute atomic E-state index is 0.0897. The Balaban J connectivity index is 1.45. The molecular formula is C24H29N3O4S. The van der Waals surface area contributed by atoms with Gasteiger partial charge in [0.15, 0.2) is 0 Å². The number of nitrogens with zero attached hydrogens (tertiary/aromatic N) is 3. The van der Waals surface area contributed by atoms with Gasteiger partial charge in [-0.15, -0.1) is 0 Å². The largest absolute Gasteiger partial charge is 0.368 e. The average Bonchev–Trinajstić information content (AvgIpc) is 2.92. The summed E-state index contributed by atoms with van der Waals surface area (Å²) in [5.41, 5.74) is 3.53. The van der Waals surface area contributed by atoms with Crippen LogP contribution in [0, 0.1) is 19.3 Å². The van der Waals surface area contributed by atoms with Crippen molar-refractivity contribution in [2.75, 3.05) is 41.1 Å². The Hall–Kier alpha value is -2.87. The highest BCUT2D eigenvalue weighted by Gasteiger charge is 2.49. The van der Waals surface area contributed by atoms with Gasteiger partial charge in [-0.3, -0.25) is 9.59 Å². The molecule has 0 saturated carbocycles. The highest BCUT2D eigenvalue weighted by Crippen LogP contribution is 2.35. The third kappa shape index (κ3) is 3.88. The summed E-state index contributed by atoms with van der Waals surface area (Å²) in [5, 5.41) is 0. The number of piperazine rings is 1. The van der Waals surface area contributed by atoms with Crippen LogP contribution in [-0.4, -0.2) is 57.1 Å². The molecule has 2 saturated heterocycles. The molecule has 32 heavy (non-hydrogen) atoms. The number of aryl methyl sites for hydroxylation is 1. The van der Waals surface area contributed by atoms with Gasteiger partial charge in [-0.1, -0.05) is 12.1 Å². The molecule has 2 aliphatic rings. The van der Waals surface area contributed by atoms with Crippen LogP contribution in [-0.2, 0) is 14.8 Å². The van der Waals surface area contributed by atoms with Crippen LogP contribution in [0.25, 0.3) is 0 Å². The van der Waals surface area contributed by atoms with Crippen LogP contribution in [0.15, 0.2) is 42.5 Å². The van der Waals surface area contributed by atoms with Crippen molar-refractivity contribution in [3.8, 4) is 0 Å². The van der Waals surface area contributed by atoms with E-state index in [1.807, 2.05) is 4.90 Å². The molecule has 170 valence electrons. The van der Waals surface area contributed by atoms with E-state index in [0.29, 0.717) is 18.7 Å². The number of hydrogen-bond donors (Lipinski definition) is 0. The van der Waals surface area contributed by atoms with E-state index in [9.17, 15) is 18.0 Å². The summed E-state index contributed by atoms with van der Waals surface area (Å²) in [6, 6.07) is 12.6. The van der Waals surface area contributed by atoms with E-state index in [4.69, 9.17) is 0 Å². The lowest BCUT2D eigenvalue weighted by Crippen LogP contribution is -2.49. The minimum Gasteiger partial charge on any atom is -0.368 e. The topological polar surface area (TPSA) is 78.0 Å². The Morgan fingerprint density at radius 3 is 2.12 bits per heavy atom. The zero-order valence-corrected chi connectivity index (χ0v) is 19.8. The van der Waals surface area contributed by atoms with Crippen molar-refractivity contribution in [2.24, 2.45) is 5.41 Å². The lowest BCUT2D eigenvalue weighted by Gasteiger charge is -2.37. The number of carbonyl (C=O) groups excluding carboxylic acids is 2. The molecule has 2 aliphatic heterocycles. The second-order valence-corrected chi connectivity index (χ2v) is 11.1. The molecule has 0 atom stereocenters. The van der Waals surface area contributed by atoms with Gasteiger partial charge >= 0.3 is 0 Å². The Morgan fingerprint density at radius 1 is 0.938 bits per heavy atom. The number of amides is 2. The molecule has 8 heteroatoms. The lowest BCUT2D eigenvalue weighted by atomic mass is 9.95. The van der Waals surface area contributed by atoms with Crippen LogP contribution < -0.4 is 9.21 Å². The van der Waals surface area contributed by atoms with E-state index in [0.717, 1.165) is 17.4 Å². The second-order valence-electron chi connectivity index (χ2n) is 9.25. The zero-order chi connectivity index (χ0) is 23.3. The normalized spacial score (nSPS) is 20.0. The molecule has 0 spiro atoms. The predicted octanol–water partition coefficient (Wildman–Crippen LogP) is 2.97. The molecule has 2 aromatic rings. The van der Waals surface area contributed by atoms with Crippen LogP contribution in [0.5, 0.6) is 0 Å². The Labute approximate surface area is 189 Å². The fraction of sp³-hybridized carbons (Fsp3) is 0.417. The van der Waals surface area contributed by atoms with Gasteiger partial charge in [0.2, 0.25) is 15.9 Å². The number of sulfonamides is 1. The highest BCUT2D eigenvalue weighted by atomic mass is 32.2. The molecule has 2 fully saturated rings. The quantitative estimate of drug-likeness (QED) is 0.711. The van der Waals surface area contributed by atoms with Crippen LogP contribution in [0.3, 0.4) is 0 Å². The van der Waals surface area contributed by atoms with Gasteiger partial charge in [0.25, 0.3) is 5.91 Å². The van der Waals surface area contributed by atoms with Crippen LogP contribution in [0.2, 0.25) is 0 Å². The maximum absolute atomic E-state index is 13.0. The predicted molar refractivity (Wildman–Crippen MR) is 126 cm³/mol. The van der Waals surface area contributed by atoms with Crippen LogP contribution in [0.1, 0.15) is 35.3 Å². The summed E-state index contributed by atoms with van der Waals surface area (Å²) in [7, 11) is -3.71. The summed E-state index contributed by atoms with van der Waals surface area (Å²) >= 11 is 0. The first-order chi connectivity index (χ1) is 15.0. The molecule has 0 unspecified atom stereocenters. The summed E-state index contributed by atoms with van der Waals surface area (Å²) in [5.74, 6) is -0.753. The Bertz CT molecular complexity index is 1160. The first-order valence-corrected chi connectivity index (χ1v) is 12.4. The van der Waals surface area contributed by atoms with E-state index in [1.54, 1.807) is 26.0 Å². The highest BCUT2D eigenvalue weighted by molar-refractivity contribution is 7.94. The molecule has 4 rings (SSSR count). The van der Waals surface area contributed by atoms with Crippen molar-refractivity contribution in [1.82, 2.24) is 4.90 Å².